The summed E-state index contributed by atoms with van der Waals surface area (Å²) in [7, 11) is 1.19. The number of nitro groups is 1. The van der Waals surface area contributed by atoms with Gasteiger partial charge in [-0.2, -0.15) is 4.68 Å². The number of hydrogen-bond donors (Lipinski definition) is 1. The molecule has 0 aliphatic carbocycles. The van der Waals surface area contributed by atoms with E-state index < -0.39 is 22.7 Å². The number of nitro benzene ring substituents is 1. The Hall–Kier alpha value is -4.41. The maximum absolute atomic E-state index is 13.6. The second-order valence-corrected chi connectivity index (χ2v) is 6.80. The molecule has 31 heavy (non-hydrogen) atoms. The van der Waals surface area contributed by atoms with Gasteiger partial charge in [0.15, 0.2) is 5.78 Å². The van der Waals surface area contributed by atoms with Crippen LogP contribution in [0.15, 0.2) is 59.8 Å². The van der Waals surface area contributed by atoms with Crippen LogP contribution in [0, 0.1) is 17.0 Å². The lowest BCUT2D eigenvalue weighted by molar-refractivity contribution is -0.384. The Kier molecular flexibility index (Phi) is 4.99. The Morgan fingerprint density at radius 3 is 2.61 bits per heavy atom. The molecule has 4 rings (SSSR count). The van der Waals surface area contributed by atoms with Crippen molar-refractivity contribution in [2.45, 2.75) is 13.0 Å². The monoisotopic (exact) mass is 420 g/mol. The zero-order valence-electron chi connectivity index (χ0n) is 16.5. The van der Waals surface area contributed by atoms with E-state index in [1.807, 2.05) is 19.1 Å². The van der Waals surface area contributed by atoms with Gasteiger partial charge in [0.05, 0.1) is 17.6 Å². The van der Waals surface area contributed by atoms with Gasteiger partial charge in [0, 0.05) is 17.7 Å². The Balaban J connectivity index is 1.94. The number of nitrogens with one attached hydrogen (secondary N) is 1. The minimum Gasteiger partial charge on any atom is -0.464 e. The molecule has 2 aromatic carbocycles. The number of aryl methyl sites for hydroxylation is 1. The van der Waals surface area contributed by atoms with Crippen LogP contribution < -0.4 is 5.32 Å². The van der Waals surface area contributed by atoms with E-state index in [1.54, 1.807) is 12.1 Å². The van der Waals surface area contributed by atoms with E-state index >= 15 is 0 Å². The van der Waals surface area contributed by atoms with Gasteiger partial charge in [-0.05, 0) is 22.9 Å². The van der Waals surface area contributed by atoms with Crippen molar-refractivity contribution in [1.82, 2.24) is 20.2 Å². The number of methoxy groups -OCH3 is 1. The van der Waals surface area contributed by atoms with E-state index in [0.717, 1.165) is 11.6 Å². The normalized spacial score (nSPS) is 15.1. The number of fused-ring (bicyclic) bond motifs is 1. The SMILES string of the molecule is COC(=O)C1=C(C(=O)c2cccc([N+](=O)[O-])c2)[C@@H](c2ccc(C)cc2)n2nnnc2N1. The van der Waals surface area contributed by atoms with E-state index in [2.05, 4.69) is 20.8 Å². The first-order valence-corrected chi connectivity index (χ1v) is 9.13. The third-order valence-corrected chi connectivity index (χ3v) is 4.86. The van der Waals surface area contributed by atoms with Crippen molar-refractivity contribution in [3.63, 3.8) is 0 Å². The van der Waals surface area contributed by atoms with Crippen LogP contribution in [0.25, 0.3) is 0 Å². The van der Waals surface area contributed by atoms with Crippen molar-refractivity contribution in [2.24, 2.45) is 0 Å². The van der Waals surface area contributed by atoms with E-state index in [-0.39, 0.29) is 28.5 Å². The average molecular weight is 420 g/mol. The van der Waals surface area contributed by atoms with E-state index in [9.17, 15) is 19.7 Å². The number of rotatable bonds is 5. The van der Waals surface area contributed by atoms with Crippen LogP contribution in [0.3, 0.4) is 0 Å². The van der Waals surface area contributed by atoms with Gasteiger partial charge >= 0.3 is 5.97 Å². The van der Waals surface area contributed by atoms with Gasteiger partial charge in [0.25, 0.3) is 5.69 Å². The second-order valence-electron chi connectivity index (χ2n) is 6.80. The third-order valence-electron chi connectivity index (χ3n) is 4.86. The van der Waals surface area contributed by atoms with Gasteiger partial charge < -0.3 is 10.1 Å². The molecule has 1 aliphatic heterocycles. The molecular weight excluding hydrogens is 404 g/mol. The number of ketones is 1. The van der Waals surface area contributed by atoms with Crippen molar-refractivity contribution in [3.8, 4) is 0 Å². The predicted octanol–water partition coefficient (Wildman–Crippen LogP) is 2.21. The maximum atomic E-state index is 13.6. The number of esters is 1. The number of anilines is 1. The minimum atomic E-state index is -0.854. The number of Topliss-reactive ketones (excluding diaryl/α,β-unsaturated/α-hetero) is 1. The van der Waals surface area contributed by atoms with E-state index in [1.165, 1.54) is 30.0 Å². The highest BCUT2D eigenvalue weighted by molar-refractivity contribution is 6.15. The predicted molar refractivity (Wildman–Crippen MR) is 107 cm³/mol. The van der Waals surface area contributed by atoms with Crippen LogP contribution in [-0.4, -0.2) is 44.0 Å². The number of allylic oxidation sites excluding steroid dienone is 1. The van der Waals surface area contributed by atoms with Crippen molar-refractivity contribution >= 4 is 23.4 Å². The molecule has 1 N–H and O–H groups in total. The fraction of sp³-hybridized carbons (Fsp3) is 0.150. The van der Waals surface area contributed by atoms with Crippen LogP contribution in [0.4, 0.5) is 11.6 Å². The number of benzene rings is 2. The smallest absolute Gasteiger partial charge is 0.355 e. The first-order chi connectivity index (χ1) is 14.9. The van der Waals surface area contributed by atoms with Crippen LogP contribution in [0.5, 0.6) is 0 Å². The lowest BCUT2D eigenvalue weighted by atomic mass is 9.89. The highest BCUT2D eigenvalue weighted by atomic mass is 16.6. The van der Waals surface area contributed by atoms with Crippen LogP contribution in [-0.2, 0) is 9.53 Å². The van der Waals surface area contributed by atoms with Crippen molar-refractivity contribution in [3.05, 3.63) is 86.6 Å². The first kappa shape index (κ1) is 19.9. The molecule has 0 saturated heterocycles. The summed E-state index contributed by atoms with van der Waals surface area (Å²) in [6.07, 6.45) is 0. The first-order valence-electron chi connectivity index (χ1n) is 9.13. The van der Waals surface area contributed by atoms with Crippen LogP contribution >= 0.6 is 0 Å². The van der Waals surface area contributed by atoms with Gasteiger partial charge in [0.1, 0.15) is 11.7 Å². The molecule has 0 amide bonds. The van der Waals surface area contributed by atoms with E-state index in [4.69, 9.17) is 4.74 Å². The van der Waals surface area contributed by atoms with Crippen molar-refractivity contribution < 1.29 is 19.2 Å². The second kappa shape index (κ2) is 7.78. The molecule has 0 fully saturated rings. The van der Waals surface area contributed by atoms with Gasteiger partial charge in [-0.15, -0.1) is 0 Å². The molecule has 3 aromatic rings. The average Bonchev–Trinajstić information content (AvgIpc) is 3.26. The molecule has 0 spiro atoms. The fourth-order valence-corrected chi connectivity index (χ4v) is 3.36. The Morgan fingerprint density at radius 1 is 1.19 bits per heavy atom. The quantitative estimate of drug-likeness (QED) is 0.284. The third kappa shape index (κ3) is 3.52. The Bertz CT molecular complexity index is 1230. The number of ether oxygens (including phenoxy) is 1. The summed E-state index contributed by atoms with van der Waals surface area (Å²) in [4.78, 5) is 36.7. The van der Waals surface area contributed by atoms with Gasteiger partial charge in [0.2, 0.25) is 5.95 Å². The number of carbonyl (C=O) groups is 2. The molecule has 156 valence electrons. The summed E-state index contributed by atoms with van der Waals surface area (Å²) in [6, 6.07) is 11.7. The van der Waals surface area contributed by atoms with E-state index in [0.29, 0.717) is 5.56 Å². The lowest BCUT2D eigenvalue weighted by Crippen LogP contribution is -2.33. The number of non-ortho nitro benzene ring substituents is 1. The summed E-state index contributed by atoms with van der Waals surface area (Å²) in [5, 5.41) is 25.4. The van der Waals surface area contributed by atoms with Crippen molar-refractivity contribution in [1.29, 1.82) is 0 Å². The number of nitrogens with zero attached hydrogens (tertiary/aromatic N) is 5. The molecule has 11 heteroatoms. The molecule has 0 unspecified atom stereocenters. The molecule has 1 aromatic heterocycles. The zero-order valence-corrected chi connectivity index (χ0v) is 16.5. The number of tetrazole rings is 1. The summed E-state index contributed by atoms with van der Waals surface area (Å²) in [6.45, 7) is 1.92. The molecule has 1 atom stereocenters. The van der Waals surface area contributed by atoms with Gasteiger partial charge in [-0.3, -0.25) is 14.9 Å². The summed E-state index contributed by atoms with van der Waals surface area (Å²) in [5.41, 5.74) is 1.32. The topological polar surface area (TPSA) is 142 Å². The maximum Gasteiger partial charge on any atom is 0.355 e. The minimum absolute atomic E-state index is 0.0102. The molecule has 0 saturated carbocycles. The molecular formula is C20H16N6O5. The molecule has 2 heterocycles. The highest BCUT2D eigenvalue weighted by Crippen LogP contribution is 2.37. The molecule has 0 radical (unpaired) electrons. The molecule has 1 aliphatic rings. The largest absolute Gasteiger partial charge is 0.464 e. The number of hydrogen-bond acceptors (Lipinski definition) is 9. The van der Waals surface area contributed by atoms with Crippen molar-refractivity contribution in [2.75, 3.05) is 12.4 Å². The summed E-state index contributed by atoms with van der Waals surface area (Å²) >= 11 is 0. The Labute approximate surface area is 175 Å². The number of aromatic nitrogens is 4. The van der Waals surface area contributed by atoms with Crippen LogP contribution in [0.2, 0.25) is 0 Å². The Morgan fingerprint density at radius 2 is 1.94 bits per heavy atom. The molecule has 0 bridgehead atoms. The van der Waals surface area contributed by atoms with Crippen LogP contribution in [0.1, 0.15) is 27.5 Å². The summed E-state index contributed by atoms with van der Waals surface area (Å²) in [5.74, 6) is -1.23. The van der Waals surface area contributed by atoms with Gasteiger partial charge in [-0.1, -0.05) is 47.1 Å². The fourth-order valence-electron chi connectivity index (χ4n) is 3.36. The number of carbonyl (C=O) groups excluding carboxylic acids is 2. The lowest BCUT2D eigenvalue weighted by Gasteiger charge is -2.28. The van der Waals surface area contributed by atoms with Gasteiger partial charge in [-0.25, -0.2) is 4.79 Å². The highest BCUT2D eigenvalue weighted by Gasteiger charge is 2.38. The molecule has 11 nitrogen and oxygen atoms in total. The standard InChI is InChI=1S/C20H16N6O5/c1-11-6-8-12(9-7-11)17-15(18(27)13-4-3-5-14(10-13)26(29)30)16(19(28)31-2)21-20-22-23-24-25(17)20/h3-10,17H,1-2H3,(H,21,22,24)/t17-/m1/s1. The summed E-state index contributed by atoms with van der Waals surface area (Å²) < 4.78 is 6.24. The zero-order chi connectivity index (χ0) is 22.1.